The van der Waals surface area contributed by atoms with Crippen molar-refractivity contribution in [2.45, 2.75) is 34.1 Å². The third-order valence-corrected chi connectivity index (χ3v) is 4.15. The van der Waals surface area contributed by atoms with Crippen molar-refractivity contribution in [3.63, 3.8) is 0 Å². The first-order chi connectivity index (χ1) is 12.1. The Hall–Kier alpha value is -2.56. The van der Waals surface area contributed by atoms with Crippen LogP contribution in [0.25, 0.3) is 0 Å². The first-order valence-electron chi connectivity index (χ1n) is 8.95. The van der Waals surface area contributed by atoms with Crippen molar-refractivity contribution < 1.29 is 4.79 Å². The molecule has 1 aromatic carbocycles. The van der Waals surface area contributed by atoms with Crippen LogP contribution in [0.3, 0.4) is 0 Å². The van der Waals surface area contributed by atoms with Crippen molar-refractivity contribution in [3.05, 3.63) is 47.8 Å². The fraction of sp³-hybridized carbons (Fsp3) is 0.400. The Morgan fingerprint density at radius 1 is 1.12 bits per heavy atom. The standard InChI is InChI=1S/C20H28N4O/c1-5-12-21-20(25)19-10-8-16(14-22-19)23-18-11-9-17(13-15(18)4)24(6-2)7-3/h8-11,13-14,23H,5-7,12H2,1-4H3,(H,21,25). The van der Waals surface area contributed by atoms with E-state index in [1.54, 1.807) is 12.3 Å². The van der Waals surface area contributed by atoms with Gasteiger partial charge in [0, 0.05) is 31.0 Å². The molecule has 0 saturated heterocycles. The monoisotopic (exact) mass is 340 g/mol. The molecule has 1 heterocycles. The molecule has 0 spiro atoms. The molecular formula is C20H28N4O. The second-order valence-electron chi connectivity index (χ2n) is 5.98. The van der Waals surface area contributed by atoms with Gasteiger partial charge in [-0.05, 0) is 63.1 Å². The van der Waals surface area contributed by atoms with Gasteiger partial charge in [0.2, 0.25) is 0 Å². The van der Waals surface area contributed by atoms with E-state index in [1.807, 2.05) is 13.0 Å². The van der Waals surface area contributed by atoms with E-state index in [0.717, 1.165) is 30.9 Å². The number of carbonyl (C=O) groups excluding carboxylic acids is 1. The number of benzene rings is 1. The van der Waals surface area contributed by atoms with Gasteiger partial charge >= 0.3 is 0 Å². The summed E-state index contributed by atoms with van der Waals surface area (Å²) in [6, 6.07) is 10.0. The summed E-state index contributed by atoms with van der Waals surface area (Å²) in [6.45, 7) is 11.1. The third kappa shape index (κ3) is 4.95. The van der Waals surface area contributed by atoms with Gasteiger partial charge in [0.05, 0.1) is 11.9 Å². The van der Waals surface area contributed by atoms with Gasteiger partial charge in [-0.25, -0.2) is 4.98 Å². The van der Waals surface area contributed by atoms with Crippen molar-refractivity contribution in [1.29, 1.82) is 0 Å². The summed E-state index contributed by atoms with van der Waals surface area (Å²) in [7, 11) is 0. The van der Waals surface area contributed by atoms with Gasteiger partial charge in [0.25, 0.3) is 5.91 Å². The highest BCUT2D eigenvalue weighted by Crippen LogP contribution is 2.25. The molecule has 0 aliphatic rings. The first-order valence-corrected chi connectivity index (χ1v) is 8.95. The molecule has 0 aliphatic carbocycles. The van der Waals surface area contributed by atoms with E-state index in [1.165, 1.54) is 11.3 Å². The minimum Gasteiger partial charge on any atom is -0.372 e. The van der Waals surface area contributed by atoms with Gasteiger partial charge in [0.1, 0.15) is 5.69 Å². The number of rotatable bonds is 8. The molecule has 5 heteroatoms. The predicted molar refractivity (Wildman–Crippen MR) is 105 cm³/mol. The summed E-state index contributed by atoms with van der Waals surface area (Å²) in [5.41, 5.74) is 4.75. The topological polar surface area (TPSA) is 57.3 Å². The molecule has 0 aliphatic heterocycles. The molecular weight excluding hydrogens is 312 g/mol. The molecule has 25 heavy (non-hydrogen) atoms. The molecule has 0 fully saturated rings. The smallest absolute Gasteiger partial charge is 0.269 e. The number of hydrogen-bond donors (Lipinski definition) is 2. The number of aromatic nitrogens is 1. The molecule has 2 N–H and O–H groups in total. The van der Waals surface area contributed by atoms with E-state index in [0.29, 0.717) is 12.2 Å². The lowest BCUT2D eigenvalue weighted by Crippen LogP contribution is -2.24. The second kappa shape index (κ2) is 9.06. The lowest BCUT2D eigenvalue weighted by Gasteiger charge is -2.22. The number of hydrogen-bond acceptors (Lipinski definition) is 4. The number of nitrogens with one attached hydrogen (secondary N) is 2. The highest BCUT2D eigenvalue weighted by molar-refractivity contribution is 5.92. The summed E-state index contributed by atoms with van der Waals surface area (Å²) in [5, 5.41) is 6.20. The molecule has 1 amide bonds. The van der Waals surface area contributed by atoms with Crippen LogP contribution < -0.4 is 15.5 Å². The Morgan fingerprint density at radius 3 is 2.44 bits per heavy atom. The van der Waals surface area contributed by atoms with E-state index < -0.39 is 0 Å². The Morgan fingerprint density at radius 2 is 1.88 bits per heavy atom. The SMILES string of the molecule is CCCNC(=O)c1ccc(Nc2ccc(N(CC)CC)cc2C)cn1. The average Bonchev–Trinajstić information content (AvgIpc) is 2.63. The summed E-state index contributed by atoms with van der Waals surface area (Å²) in [4.78, 5) is 18.5. The summed E-state index contributed by atoms with van der Waals surface area (Å²) < 4.78 is 0. The van der Waals surface area contributed by atoms with E-state index in [-0.39, 0.29) is 5.91 Å². The Labute approximate surface area is 150 Å². The van der Waals surface area contributed by atoms with Gasteiger partial charge in [-0.3, -0.25) is 4.79 Å². The van der Waals surface area contributed by atoms with Crippen molar-refractivity contribution in [3.8, 4) is 0 Å². The molecule has 0 radical (unpaired) electrons. The summed E-state index contributed by atoms with van der Waals surface area (Å²) in [6.07, 6.45) is 2.60. The zero-order chi connectivity index (χ0) is 18.2. The highest BCUT2D eigenvalue weighted by Gasteiger charge is 2.08. The van der Waals surface area contributed by atoms with Crippen molar-refractivity contribution in [2.24, 2.45) is 0 Å². The zero-order valence-electron chi connectivity index (χ0n) is 15.6. The van der Waals surface area contributed by atoms with Crippen molar-refractivity contribution in [1.82, 2.24) is 10.3 Å². The maximum absolute atomic E-state index is 11.9. The fourth-order valence-corrected chi connectivity index (χ4v) is 2.66. The van der Waals surface area contributed by atoms with E-state index in [9.17, 15) is 4.79 Å². The third-order valence-electron chi connectivity index (χ3n) is 4.15. The first kappa shape index (κ1) is 18.8. The van der Waals surface area contributed by atoms with Crippen LogP contribution in [0.4, 0.5) is 17.1 Å². The molecule has 0 saturated carbocycles. The Bertz CT molecular complexity index is 693. The van der Waals surface area contributed by atoms with Crippen LogP contribution in [0.2, 0.25) is 0 Å². The number of amides is 1. The minimum atomic E-state index is -0.131. The predicted octanol–water partition coefficient (Wildman–Crippen LogP) is 4.12. The number of carbonyl (C=O) groups is 1. The molecule has 5 nitrogen and oxygen atoms in total. The molecule has 0 atom stereocenters. The number of anilines is 3. The van der Waals surface area contributed by atoms with Crippen molar-refractivity contribution in [2.75, 3.05) is 29.9 Å². The number of pyridine rings is 1. The van der Waals surface area contributed by atoms with Gasteiger partial charge in [0.15, 0.2) is 0 Å². The van der Waals surface area contributed by atoms with E-state index in [4.69, 9.17) is 0 Å². The van der Waals surface area contributed by atoms with Gasteiger partial charge < -0.3 is 15.5 Å². The van der Waals surface area contributed by atoms with Crippen LogP contribution in [-0.4, -0.2) is 30.5 Å². The lowest BCUT2D eigenvalue weighted by atomic mass is 10.1. The van der Waals surface area contributed by atoms with Crippen LogP contribution in [-0.2, 0) is 0 Å². The van der Waals surface area contributed by atoms with Gasteiger partial charge in [-0.15, -0.1) is 0 Å². The van der Waals surface area contributed by atoms with E-state index >= 15 is 0 Å². The normalized spacial score (nSPS) is 10.4. The second-order valence-corrected chi connectivity index (χ2v) is 5.98. The zero-order valence-corrected chi connectivity index (χ0v) is 15.6. The number of aryl methyl sites for hydroxylation is 1. The van der Waals surface area contributed by atoms with Crippen LogP contribution >= 0.6 is 0 Å². The molecule has 134 valence electrons. The van der Waals surface area contributed by atoms with Crippen LogP contribution in [0.1, 0.15) is 43.2 Å². The minimum absolute atomic E-state index is 0.131. The molecule has 2 aromatic rings. The Kier molecular flexibility index (Phi) is 6.81. The van der Waals surface area contributed by atoms with Crippen molar-refractivity contribution >= 4 is 23.0 Å². The average molecular weight is 340 g/mol. The fourth-order valence-electron chi connectivity index (χ4n) is 2.66. The quantitative estimate of drug-likeness (QED) is 0.759. The molecule has 0 unspecified atom stereocenters. The molecule has 1 aromatic heterocycles. The summed E-state index contributed by atoms with van der Waals surface area (Å²) >= 11 is 0. The van der Waals surface area contributed by atoms with Gasteiger partial charge in [-0.1, -0.05) is 6.92 Å². The van der Waals surface area contributed by atoms with E-state index in [2.05, 4.69) is 59.5 Å². The largest absolute Gasteiger partial charge is 0.372 e. The summed E-state index contributed by atoms with van der Waals surface area (Å²) in [5.74, 6) is -0.131. The lowest BCUT2D eigenvalue weighted by molar-refractivity contribution is 0.0949. The molecule has 2 rings (SSSR count). The van der Waals surface area contributed by atoms with Crippen LogP contribution in [0.5, 0.6) is 0 Å². The van der Waals surface area contributed by atoms with Crippen LogP contribution in [0.15, 0.2) is 36.5 Å². The highest BCUT2D eigenvalue weighted by atomic mass is 16.1. The Balaban J connectivity index is 2.08. The maximum Gasteiger partial charge on any atom is 0.269 e. The molecule has 0 bridgehead atoms. The van der Waals surface area contributed by atoms with Crippen LogP contribution in [0, 0.1) is 6.92 Å². The number of nitrogens with zero attached hydrogens (tertiary/aromatic N) is 2. The maximum atomic E-state index is 11.9. The van der Waals surface area contributed by atoms with Gasteiger partial charge in [-0.2, -0.15) is 0 Å².